The van der Waals surface area contributed by atoms with E-state index in [1.54, 1.807) is 0 Å². The predicted octanol–water partition coefficient (Wildman–Crippen LogP) is 2.65. The smallest absolute Gasteiger partial charge is 0.0810 e. The van der Waals surface area contributed by atoms with Crippen LogP contribution in [0.1, 0.15) is 18.4 Å². The van der Waals surface area contributed by atoms with Gasteiger partial charge in [0.05, 0.1) is 19.3 Å². The molecule has 0 aliphatic carbocycles. The molecule has 0 saturated heterocycles. The second kappa shape index (κ2) is 8.58. The van der Waals surface area contributed by atoms with E-state index in [1.165, 1.54) is 0 Å². The van der Waals surface area contributed by atoms with Gasteiger partial charge in [-0.25, -0.2) is 0 Å². The Hall–Kier alpha value is -1.55. The van der Waals surface area contributed by atoms with E-state index >= 15 is 0 Å². The maximum atomic E-state index is 9.13. The van der Waals surface area contributed by atoms with Gasteiger partial charge in [-0.15, -0.1) is 0 Å². The molecule has 17 heavy (non-hydrogen) atoms. The summed E-state index contributed by atoms with van der Waals surface area (Å²) >= 11 is 0. The number of aliphatic hydroxyl groups excluding tert-OH is 1. The quantitative estimate of drug-likeness (QED) is 0.325. The minimum absolute atomic E-state index is 0.0108. The molecule has 0 aliphatic heterocycles. The minimum atomic E-state index is -0.191. The predicted molar refractivity (Wildman–Crippen MR) is 65.4 cm³/mol. The zero-order valence-corrected chi connectivity index (χ0v) is 9.70. The van der Waals surface area contributed by atoms with Crippen LogP contribution in [0.25, 0.3) is 10.4 Å². The number of aliphatic hydroxyl groups is 1. The molecule has 0 bridgehead atoms. The molecule has 5 nitrogen and oxygen atoms in total. The molecule has 0 aliphatic rings. The lowest BCUT2D eigenvalue weighted by atomic mass is 10.2. The molecule has 0 fully saturated rings. The summed E-state index contributed by atoms with van der Waals surface area (Å²) < 4.78 is 5.57. The molecule has 0 amide bonds. The lowest BCUT2D eigenvalue weighted by molar-refractivity contribution is -0.00277. The fourth-order valence-corrected chi connectivity index (χ4v) is 1.45. The molecular weight excluding hydrogens is 218 g/mol. The van der Waals surface area contributed by atoms with Gasteiger partial charge in [0.15, 0.2) is 0 Å². The monoisotopic (exact) mass is 235 g/mol. The van der Waals surface area contributed by atoms with Gasteiger partial charge in [-0.3, -0.25) is 0 Å². The number of ether oxygens (including phenoxy) is 1. The van der Waals surface area contributed by atoms with Crippen LogP contribution in [-0.2, 0) is 11.3 Å². The summed E-state index contributed by atoms with van der Waals surface area (Å²) in [5.74, 6) is 0. The molecule has 0 unspecified atom stereocenters. The van der Waals surface area contributed by atoms with Gasteiger partial charge in [-0.2, -0.15) is 0 Å². The summed E-state index contributed by atoms with van der Waals surface area (Å²) in [5, 5.41) is 12.6. The van der Waals surface area contributed by atoms with Crippen LogP contribution in [0.15, 0.2) is 35.4 Å². The summed E-state index contributed by atoms with van der Waals surface area (Å²) in [6, 6.07) is 9.82. The molecule has 5 heteroatoms. The lowest BCUT2D eigenvalue weighted by Crippen LogP contribution is -2.17. The first-order valence-electron chi connectivity index (χ1n) is 5.64. The Balaban J connectivity index is 2.25. The van der Waals surface area contributed by atoms with E-state index in [0.717, 1.165) is 12.0 Å². The molecule has 1 aromatic rings. The highest BCUT2D eigenvalue weighted by atomic mass is 16.5. The second-order valence-corrected chi connectivity index (χ2v) is 3.70. The summed E-state index contributed by atoms with van der Waals surface area (Å²) in [4.78, 5) is 2.67. The Bertz CT molecular complexity index is 350. The number of hydrogen-bond acceptors (Lipinski definition) is 3. The van der Waals surface area contributed by atoms with Crippen LogP contribution in [0, 0.1) is 0 Å². The van der Waals surface area contributed by atoms with Crippen molar-refractivity contribution in [3.63, 3.8) is 0 Å². The van der Waals surface area contributed by atoms with E-state index in [2.05, 4.69) is 10.0 Å². The van der Waals surface area contributed by atoms with Gasteiger partial charge in [-0.05, 0) is 23.9 Å². The van der Waals surface area contributed by atoms with Crippen molar-refractivity contribution >= 4 is 0 Å². The first-order valence-corrected chi connectivity index (χ1v) is 5.64. The summed E-state index contributed by atoms with van der Waals surface area (Å²) in [6.45, 7) is 0.929. The maximum absolute atomic E-state index is 9.13. The largest absolute Gasteiger partial charge is 0.394 e. The third-order valence-corrected chi connectivity index (χ3v) is 2.38. The van der Waals surface area contributed by atoms with Gasteiger partial charge < -0.3 is 9.84 Å². The van der Waals surface area contributed by atoms with E-state index in [1.807, 2.05) is 30.3 Å². The van der Waals surface area contributed by atoms with E-state index in [9.17, 15) is 0 Å². The molecule has 0 heterocycles. The Labute approximate surface area is 101 Å². The molecule has 1 N–H and O–H groups in total. The normalized spacial score (nSPS) is 11.8. The fourth-order valence-electron chi connectivity index (χ4n) is 1.45. The van der Waals surface area contributed by atoms with Gasteiger partial charge in [0, 0.05) is 11.5 Å². The molecular formula is C12H17N3O2. The molecule has 1 aromatic carbocycles. The maximum Gasteiger partial charge on any atom is 0.0810 e. The second-order valence-electron chi connectivity index (χ2n) is 3.70. The molecule has 0 aromatic heterocycles. The van der Waals surface area contributed by atoms with Gasteiger partial charge in [0.1, 0.15) is 0 Å². The van der Waals surface area contributed by atoms with Gasteiger partial charge >= 0.3 is 0 Å². The average molecular weight is 235 g/mol. The van der Waals surface area contributed by atoms with Crippen molar-refractivity contribution in [1.29, 1.82) is 0 Å². The highest BCUT2D eigenvalue weighted by Crippen LogP contribution is 2.07. The summed E-state index contributed by atoms with van der Waals surface area (Å²) in [5.41, 5.74) is 9.20. The van der Waals surface area contributed by atoms with E-state index in [-0.39, 0.29) is 12.7 Å². The molecule has 0 saturated carbocycles. The minimum Gasteiger partial charge on any atom is -0.394 e. The Morgan fingerprint density at radius 1 is 1.35 bits per heavy atom. The third kappa shape index (κ3) is 5.92. The highest BCUT2D eigenvalue weighted by molar-refractivity contribution is 5.13. The van der Waals surface area contributed by atoms with E-state index in [0.29, 0.717) is 19.6 Å². The topological polar surface area (TPSA) is 78.2 Å². The molecule has 1 atom stereocenters. The van der Waals surface area contributed by atoms with Crippen LogP contribution in [0.4, 0.5) is 0 Å². The van der Waals surface area contributed by atoms with Crippen molar-refractivity contribution in [2.75, 3.05) is 13.2 Å². The van der Waals surface area contributed by atoms with Crippen LogP contribution >= 0.6 is 0 Å². The van der Waals surface area contributed by atoms with Crippen LogP contribution in [0.3, 0.4) is 0 Å². The number of hydrogen-bond donors (Lipinski definition) is 1. The first kappa shape index (κ1) is 13.5. The molecule has 0 radical (unpaired) electrons. The first-order chi connectivity index (χ1) is 8.36. The van der Waals surface area contributed by atoms with Crippen molar-refractivity contribution in [2.45, 2.75) is 25.6 Å². The number of rotatable bonds is 8. The number of benzene rings is 1. The van der Waals surface area contributed by atoms with Crippen LogP contribution in [-0.4, -0.2) is 24.4 Å². The third-order valence-electron chi connectivity index (χ3n) is 2.38. The Morgan fingerprint density at radius 2 is 2.12 bits per heavy atom. The molecule has 1 rings (SSSR count). The van der Waals surface area contributed by atoms with Crippen molar-refractivity contribution in [1.82, 2.24) is 0 Å². The van der Waals surface area contributed by atoms with Crippen LogP contribution in [0.2, 0.25) is 0 Å². The number of azide groups is 1. The molecule has 92 valence electrons. The van der Waals surface area contributed by atoms with Crippen molar-refractivity contribution in [2.24, 2.45) is 5.11 Å². The van der Waals surface area contributed by atoms with Crippen molar-refractivity contribution < 1.29 is 9.84 Å². The molecule has 0 spiro atoms. The van der Waals surface area contributed by atoms with Crippen LogP contribution in [0.5, 0.6) is 0 Å². The summed E-state index contributed by atoms with van der Waals surface area (Å²) in [6.07, 6.45) is 1.23. The van der Waals surface area contributed by atoms with Gasteiger partial charge in [-0.1, -0.05) is 35.4 Å². The van der Waals surface area contributed by atoms with Crippen molar-refractivity contribution in [3.05, 3.63) is 46.3 Å². The Kier molecular flexibility index (Phi) is 6.82. The zero-order valence-electron chi connectivity index (χ0n) is 9.70. The number of nitrogens with zero attached hydrogens (tertiary/aromatic N) is 3. The standard InChI is InChI=1S/C12H17N3O2/c13-15-14-8-4-7-12(9-16)17-10-11-5-2-1-3-6-11/h1-3,5-6,12,16H,4,7-10H2/t12-/m0/s1. The zero-order chi connectivity index (χ0) is 12.3. The lowest BCUT2D eigenvalue weighted by Gasteiger charge is -2.14. The highest BCUT2D eigenvalue weighted by Gasteiger charge is 2.07. The van der Waals surface area contributed by atoms with E-state index in [4.69, 9.17) is 15.4 Å². The Morgan fingerprint density at radius 3 is 2.76 bits per heavy atom. The van der Waals surface area contributed by atoms with Crippen molar-refractivity contribution in [3.8, 4) is 0 Å². The van der Waals surface area contributed by atoms with Crippen LogP contribution < -0.4 is 0 Å². The van der Waals surface area contributed by atoms with Gasteiger partial charge in [0.25, 0.3) is 0 Å². The van der Waals surface area contributed by atoms with Gasteiger partial charge in [0.2, 0.25) is 0 Å². The SMILES string of the molecule is [N-]=[N+]=NCCC[C@@H](CO)OCc1ccccc1. The summed E-state index contributed by atoms with van der Waals surface area (Å²) in [7, 11) is 0. The van der Waals surface area contributed by atoms with E-state index < -0.39 is 0 Å². The fraction of sp³-hybridized carbons (Fsp3) is 0.500. The average Bonchev–Trinajstić information content (AvgIpc) is 2.39.